The Kier molecular flexibility index (Phi) is 7.19. The highest BCUT2D eigenvalue weighted by Gasteiger charge is 2.21. The second-order valence-electron chi connectivity index (χ2n) is 7.17. The van der Waals surface area contributed by atoms with Crippen LogP contribution in [0.4, 0.5) is 0 Å². The number of nitrogens with one attached hydrogen (secondary N) is 1. The molecule has 3 aromatic rings. The molecule has 1 heterocycles. The Morgan fingerprint density at radius 3 is 2.45 bits per heavy atom. The largest absolute Gasteiger partial charge is 0.361 e. The number of hydrogen-bond donors (Lipinski definition) is 1. The summed E-state index contributed by atoms with van der Waals surface area (Å²) < 4.78 is 31.5. The number of thioether (sulfide) groups is 1. The van der Waals surface area contributed by atoms with Gasteiger partial charge in [-0.15, -0.1) is 11.8 Å². The summed E-state index contributed by atoms with van der Waals surface area (Å²) in [4.78, 5) is 13.9. The summed E-state index contributed by atoms with van der Waals surface area (Å²) in [7, 11) is -0.641. The van der Waals surface area contributed by atoms with Crippen molar-refractivity contribution in [3.05, 3.63) is 76.7 Å². The standard InChI is InChI=1S/C22H25N3O4S2/c1-15-19(16(2)29-24-15)14-30-20-11-7-6-10-18(20)22(26)23-13-17-9-5-8-12-21(17)31(27,28)25(3)4/h5-12H,13-14H2,1-4H3,(H,23,26). The normalized spacial score (nSPS) is 11.6. The third kappa shape index (κ3) is 5.17. The summed E-state index contributed by atoms with van der Waals surface area (Å²) in [6.45, 7) is 3.86. The molecule has 2 aromatic carbocycles. The second-order valence-corrected chi connectivity index (χ2v) is 10.3. The van der Waals surface area contributed by atoms with E-state index in [0.717, 1.165) is 26.2 Å². The lowest BCUT2D eigenvalue weighted by Crippen LogP contribution is -2.27. The molecule has 31 heavy (non-hydrogen) atoms. The van der Waals surface area contributed by atoms with Crippen LogP contribution in [0.5, 0.6) is 0 Å². The third-order valence-electron chi connectivity index (χ3n) is 4.86. The van der Waals surface area contributed by atoms with E-state index >= 15 is 0 Å². The number of sulfonamides is 1. The molecule has 0 saturated carbocycles. The predicted octanol–water partition coefficient (Wildman–Crippen LogP) is 3.76. The summed E-state index contributed by atoms with van der Waals surface area (Å²) in [6, 6.07) is 14.0. The van der Waals surface area contributed by atoms with E-state index in [2.05, 4.69) is 10.5 Å². The molecule has 0 aliphatic carbocycles. The van der Waals surface area contributed by atoms with E-state index in [-0.39, 0.29) is 17.3 Å². The maximum Gasteiger partial charge on any atom is 0.252 e. The number of rotatable bonds is 8. The Labute approximate surface area is 186 Å². The SMILES string of the molecule is Cc1noc(C)c1CSc1ccccc1C(=O)NCc1ccccc1S(=O)(=O)N(C)C. The van der Waals surface area contributed by atoms with Gasteiger partial charge in [-0.1, -0.05) is 35.5 Å². The second kappa shape index (κ2) is 9.67. The van der Waals surface area contributed by atoms with E-state index in [0.29, 0.717) is 16.9 Å². The lowest BCUT2D eigenvalue weighted by atomic mass is 10.2. The summed E-state index contributed by atoms with van der Waals surface area (Å²) in [5.74, 6) is 1.14. The lowest BCUT2D eigenvalue weighted by molar-refractivity contribution is 0.0947. The van der Waals surface area contributed by atoms with Crippen molar-refractivity contribution in [3.8, 4) is 0 Å². The molecule has 0 saturated heterocycles. The van der Waals surface area contributed by atoms with Gasteiger partial charge in [-0.2, -0.15) is 0 Å². The number of nitrogens with zero attached hydrogens (tertiary/aromatic N) is 2. The molecule has 0 fully saturated rings. The zero-order valence-corrected chi connectivity index (χ0v) is 19.5. The summed E-state index contributed by atoms with van der Waals surface area (Å²) in [5, 5.41) is 6.83. The Hall–Kier alpha value is -2.62. The molecule has 0 spiro atoms. The molecule has 0 atom stereocenters. The zero-order chi connectivity index (χ0) is 22.6. The average molecular weight is 460 g/mol. The maximum atomic E-state index is 12.9. The van der Waals surface area contributed by atoms with Gasteiger partial charge < -0.3 is 9.84 Å². The fourth-order valence-electron chi connectivity index (χ4n) is 3.01. The van der Waals surface area contributed by atoms with Crippen molar-refractivity contribution in [2.24, 2.45) is 0 Å². The van der Waals surface area contributed by atoms with Crippen LogP contribution in [0.2, 0.25) is 0 Å². The van der Waals surface area contributed by atoms with Crippen LogP contribution in [0.15, 0.2) is 62.8 Å². The van der Waals surface area contributed by atoms with Gasteiger partial charge in [0.15, 0.2) is 0 Å². The number of aromatic nitrogens is 1. The summed E-state index contributed by atoms with van der Waals surface area (Å²) in [5.41, 5.74) is 2.92. The number of carbonyl (C=O) groups excluding carboxylic acids is 1. The number of aryl methyl sites for hydroxylation is 2. The zero-order valence-electron chi connectivity index (χ0n) is 17.9. The van der Waals surface area contributed by atoms with E-state index in [4.69, 9.17) is 4.52 Å². The van der Waals surface area contributed by atoms with E-state index in [1.807, 2.05) is 26.0 Å². The van der Waals surface area contributed by atoms with Gasteiger partial charge in [0.05, 0.1) is 16.2 Å². The highest BCUT2D eigenvalue weighted by atomic mass is 32.2. The Balaban J connectivity index is 1.76. The van der Waals surface area contributed by atoms with E-state index in [9.17, 15) is 13.2 Å². The first kappa shape index (κ1) is 23.1. The van der Waals surface area contributed by atoms with Gasteiger partial charge in [-0.25, -0.2) is 12.7 Å². The molecule has 1 amide bonds. The van der Waals surface area contributed by atoms with Crippen molar-refractivity contribution in [1.29, 1.82) is 0 Å². The lowest BCUT2D eigenvalue weighted by Gasteiger charge is -2.16. The summed E-state index contributed by atoms with van der Waals surface area (Å²) >= 11 is 1.53. The predicted molar refractivity (Wildman–Crippen MR) is 120 cm³/mol. The molecule has 164 valence electrons. The van der Waals surface area contributed by atoms with Gasteiger partial charge >= 0.3 is 0 Å². The van der Waals surface area contributed by atoms with Gasteiger partial charge in [0.25, 0.3) is 5.91 Å². The van der Waals surface area contributed by atoms with Crippen molar-refractivity contribution in [2.75, 3.05) is 14.1 Å². The van der Waals surface area contributed by atoms with Crippen molar-refractivity contribution in [3.63, 3.8) is 0 Å². The van der Waals surface area contributed by atoms with Crippen LogP contribution < -0.4 is 5.32 Å². The molecule has 1 N–H and O–H groups in total. The molecular formula is C22H25N3O4S2. The van der Waals surface area contributed by atoms with Gasteiger partial charge in [-0.3, -0.25) is 4.79 Å². The average Bonchev–Trinajstić information content (AvgIpc) is 3.08. The Bertz CT molecular complexity index is 1170. The molecule has 0 radical (unpaired) electrons. The Morgan fingerprint density at radius 1 is 1.10 bits per heavy atom. The molecule has 0 bridgehead atoms. The fourth-order valence-corrected chi connectivity index (χ4v) is 5.33. The van der Waals surface area contributed by atoms with Crippen LogP contribution >= 0.6 is 11.8 Å². The number of amides is 1. The van der Waals surface area contributed by atoms with E-state index in [1.165, 1.54) is 25.9 Å². The smallest absolute Gasteiger partial charge is 0.252 e. The van der Waals surface area contributed by atoms with Crippen molar-refractivity contribution in [1.82, 2.24) is 14.8 Å². The number of hydrogen-bond acceptors (Lipinski definition) is 6. The highest BCUT2D eigenvalue weighted by Crippen LogP contribution is 2.29. The molecule has 9 heteroatoms. The van der Waals surface area contributed by atoms with Crippen molar-refractivity contribution in [2.45, 2.75) is 35.9 Å². The van der Waals surface area contributed by atoms with Crippen LogP contribution in [-0.4, -0.2) is 37.9 Å². The molecule has 0 aliphatic rings. The summed E-state index contributed by atoms with van der Waals surface area (Å²) in [6.07, 6.45) is 0. The monoisotopic (exact) mass is 459 g/mol. The van der Waals surface area contributed by atoms with Crippen LogP contribution in [0, 0.1) is 13.8 Å². The van der Waals surface area contributed by atoms with E-state index < -0.39 is 10.0 Å². The quantitative estimate of drug-likeness (QED) is 0.516. The molecule has 0 aliphatic heterocycles. The first-order chi connectivity index (χ1) is 14.7. The molecule has 7 nitrogen and oxygen atoms in total. The first-order valence-corrected chi connectivity index (χ1v) is 12.1. The number of benzene rings is 2. The highest BCUT2D eigenvalue weighted by molar-refractivity contribution is 7.98. The van der Waals surface area contributed by atoms with Gasteiger partial charge in [0.1, 0.15) is 5.76 Å². The van der Waals surface area contributed by atoms with Crippen molar-refractivity contribution < 1.29 is 17.7 Å². The van der Waals surface area contributed by atoms with Gasteiger partial charge in [0, 0.05) is 36.9 Å². The number of carbonyl (C=O) groups is 1. The minimum Gasteiger partial charge on any atom is -0.361 e. The van der Waals surface area contributed by atoms with Crippen LogP contribution in [-0.2, 0) is 22.3 Å². The molecular weight excluding hydrogens is 434 g/mol. The van der Waals surface area contributed by atoms with E-state index in [1.54, 1.807) is 36.4 Å². The minimum absolute atomic E-state index is 0.102. The minimum atomic E-state index is -3.61. The molecule has 1 aromatic heterocycles. The Morgan fingerprint density at radius 2 is 1.77 bits per heavy atom. The fraction of sp³-hybridized carbons (Fsp3) is 0.273. The maximum absolute atomic E-state index is 12.9. The van der Waals surface area contributed by atoms with Crippen molar-refractivity contribution >= 4 is 27.7 Å². The topological polar surface area (TPSA) is 92.5 Å². The first-order valence-electron chi connectivity index (χ1n) is 9.64. The van der Waals surface area contributed by atoms with Gasteiger partial charge in [0.2, 0.25) is 10.0 Å². The van der Waals surface area contributed by atoms with Crippen LogP contribution in [0.3, 0.4) is 0 Å². The van der Waals surface area contributed by atoms with Crippen LogP contribution in [0.25, 0.3) is 0 Å². The van der Waals surface area contributed by atoms with Gasteiger partial charge in [-0.05, 0) is 37.6 Å². The third-order valence-corrected chi connectivity index (χ3v) is 7.87. The molecule has 0 unspecified atom stereocenters. The van der Waals surface area contributed by atoms with Crippen LogP contribution in [0.1, 0.15) is 32.9 Å². The molecule has 3 rings (SSSR count).